The van der Waals surface area contributed by atoms with Gasteiger partial charge in [0, 0.05) is 34.9 Å². The van der Waals surface area contributed by atoms with Gasteiger partial charge in [0.1, 0.15) is 39.5 Å². The lowest BCUT2D eigenvalue weighted by atomic mass is 9.95. The first kappa shape index (κ1) is 103. The van der Waals surface area contributed by atoms with Crippen LogP contribution in [0.2, 0.25) is 5.15 Å². The van der Waals surface area contributed by atoms with Crippen LogP contribution >= 0.6 is 11.6 Å². The highest BCUT2D eigenvalue weighted by Gasteiger charge is 2.29. The second-order valence-corrected chi connectivity index (χ2v) is 33.4. The number of esters is 2. The third kappa shape index (κ3) is 35.0. The largest absolute Gasteiger partial charge is 0.479 e. The molecule has 6 atom stereocenters. The molecule has 5 aliphatic carbocycles. The molecule has 0 fully saturated rings. The highest BCUT2D eigenvalue weighted by Crippen LogP contribution is 2.34. The van der Waals surface area contributed by atoms with E-state index in [-0.39, 0.29) is 52.6 Å². The smallest absolute Gasteiger partial charge is 0.344 e. The van der Waals surface area contributed by atoms with Gasteiger partial charge in [0.05, 0.1) is 43.3 Å². The molecule has 0 aliphatic heterocycles. The van der Waals surface area contributed by atoms with E-state index in [0.29, 0.717) is 113 Å². The van der Waals surface area contributed by atoms with Crippen molar-refractivity contribution in [1.82, 2.24) is 4.98 Å². The molecule has 26 heteroatoms. The van der Waals surface area contributed by atoms with Gasteiger partial charge in [-0.2, -0.15) is 0 Å². The number of carboxylic acid groups (broad SMARTS) is 5. The van der Waals surface area contributed by atoms with E-state index < -0.39 is 78.2 Å². The Morgan fingerprint density at radius 1 is 0.519 bits per heavy atom. The number of carboxylic acids is 5. The minimum Gasteiger partial charge on any atom is -0.479 e. The molecule has 0 radical (unpaired) electrons. The number of nitrogens with zero attached hydrogens (tertiary/aromatic N) is 1. The molecular weight excluding hydrogens is 1720 g/mol. The zero-order chi connectivity index (χ0) is 95.4. The van der Waals surface area contributed by atoms with Gasteiger partial charge in [0.2, 0.25) is 17.1 Å². The molecule has 0 spiro atoms. The number of terminal acetylenes is 1. The van der Waals surface area contributed by atoms with E-state index in [1.807, 2.05) is 30.3 Å². The average Bonchev–Trinajstić information content (AvgIpc) is 0.784. The number of aromatic nitrogens is 1. The third-order valence-electron chi connectivity index (χ3n) is 23.2. The van der Waals surface area contributed by atoms with Crippen LogP contribution in [0.5, 0.6) is 28.9 Å². The average molecular weight is 1840 g/mol. The molecule has 25 nitrogen and oxygen atoms in total. The van der Waals surface area contributed by atoms with Gasteiger partial charge in [0.25, 0.3) is 0 Å². The molecule has 5 aliphatic rings. The van der Waals surface area contributed by atoms with Gasteiger partial charge in [-0.3, -0.25) is 24.0 Å². The molecular formula is C107H120ClNO24. The number of para-hydroxylation sites is 1. The number of pyridine rings is 1. The lowest BCUT2D eigenvalue weighted by Crippen LogP contribution is -2.29. The zero-order valence-corrected chi connectivity index (χ0v) is 76.7. The van der Waals surface area contributed by atoms with Crippen LogP contribution < -0.4 is 34.5 Å². The normalized spacial score (nSPS) is 15.3. The highest BCUT2D eigenvalue weighted by atomic mass is 35.5. The first-order valence-electron chi connectivity index (χ1n) is 45.7. The van der Waals surface area contributed by atoms with Crippen molar-refractivity contribution in [2.45, 2.75) is 256 Å². The third-order valence-corrected chi connectivity index (χ3v) is 23.4. The molecule has 3 heterocycles. The number of halogens is 1. The number of methoxy groups -OCH3 is 1. The van der Waals surface area contributed by atoms with Crippen molar-refractivity contribution in [1.29, 1.82) is 0 Å². The van der Waals surface area contributed by atoms with E-state index in [1.165, 1.54) is 104 Å². The molecule has 8 aromatic rings. The van der Waals surface area contributed by atoms with E-state index >= 15 is 0 Å². The molecule has 5 N–H and O–H groups in total. The quantitative estimate of drug-likeness (QED) is 0.00596. The topological polar surface area (TPSA) is 376 Å². The fourth-order valence-electron chi connectivity index (χ4n) is 15.8. The Balaban J connectivity index is 0.000000192. The Morgan fingerprint density at radius 2 is 1.01 bits per heavy atom. The highest BCUT2D eigenvalue weighted by molar-refractivity contribution is 6.29. The van der Waals surface area contributed by atoms with Crippen LogP contribution in [0.25, 0.3) is 28.4 Å². The van der Waals surface area contributed by atoms with Gasteiger partial charge in [-0.25, -0.2) is 29.0 Å². The molecule has 133 heavy (non-hydrogen) atoms. The molecule has 0 saturated heterocycles. The SMILES string of the molecule is C#Cc1cccc(OC(CCC2=CCCCC2)C(=O)O)c1.CCOC(=O)Cc1cccc2c(=O)cc(-c3ccc(OC(CCC4=CCCCC4)C(=O)O)cc3)oc12.COC(=O)C(C)c1ccc(OC(CCC2=CCCCC2)C(=O)O)c(C(=O)/C=C/c2ccccc2)c1.Cc1occc(=O)c1OC(CCC1=CCCCC1)C(=O)O.O=C(O)C(CCC1=CCCCC1)Oc1cccc(Cl)n1. The summed E-state index contributed by atoms with van der Waals surface area (Å²) in [5, 5.41) is 47.9. The van der Waals surface area contributed by atoms with Crippen LogP contribution in [0.1, 0.15) is 251 Å². The minimum atomic E-state index is -1.09. The van der Waals surface area contributed by atoms with E-state index in [9.17, 15) is 73.5 Å². The Kier molecular flexibility index (Phi) is 42.8. The maximum absolute atomic E-state index is 13.2. The standard InChI is InChI=1S/C29H30O7.C29H32O6.C18H20O3.C16H20O5.C15H18ClNO3/c1-2-34-27(31)17-21-9-6-10-23-24(30)18-26(36-28(21)23)20-12-14-22(15-13-20)35-25(29(32)33)16-11-19-7-4-3-5-8-19;1-20(29(33)34-2)23-15-18-26(24(19-23)25(30)16-13-21-9-5-3-6-10-21)35-27(28(31)32)17-14-22-11-7-4-8-12-22;1-2-14-9-6-10-16(13-14)21-17(18(19)20)12-11-15-7-4-3-5-8-15;1-11-15(13(17)9-10-20-11)21-14(16(18)19)8-7-12-5-3-2-4-6-12;16-13-7-4-8-14(17-13)20-12(15(18)19)10-9-11-5-2-1-3-6-11/h6-7,9-10,12-15,18,25H,2-5,8,11,16-17H2,1H3,(H,32,33);3,5-6,9-11,13,15-16,18-20,27H,4,7-8,12,14,17H2,1-2H3,(H,31,32);1,6-7,9-10,13,17H,3-5,8,11-12H2,(H,19,20);5,9-10,14H,2-4,6-8H2,1H3,(H,18,19);4-5,7-8,12H,1-3,6,9-10H2,(H,18,19)/b;16-13+;;;. The molecule has 3 aromatic heterocycles. The lowest BCUT2D eigenvalue weighted by Gasteiger charge is -2.20. The summed E-state index contributed by atoms with van der Waals surface area (Å²) in [5.74, 6) is -2.29. The second-order valence-electron chi connectivity index (χ2n) is 33.0. The maximum atomic E-state index is 13.2. The summed E-state index contributed by atoms with van der Waals surface area (Å²) in [6, 6.07) is 40.6. The fraction of sp³-hybridized carbons (Fsp3) is 0.393. The Bertz CT molecular complexity index is 5610. The van der Waals surface area contributed by atoms with Gasteiger partial charge >= 0.3 is 41.8 Å². The van der Waals surface area contributed by atoms with Gasteiger partial charge in [-0.1, -0.05) is 143 Å². The summed E-state index contributed by atoms with van der Waals surface area (Å²) in [6.07, 6.45) is 44.0. The number of aryl methyl sites for hydroxylation is 1. The number of allylic oxidation sites excluding steroid dienone is 11. The van der Waals surface area contributed by atoms with Crippen LogP contribution in [0.3, 0.4) is 0 Å². The van der Waals surface area contributed by atoms with Gasteiger partial charge in [-0.05, 0) is 297 Å². The summed E-state index contributed by atoms with van der Waals surface area (Å²) in [6.45, 7) is 5.28. The zero-order valence-electron chi connectivity index (χ0n) is 76.0. The van der Waals surface area contributed by atoms with Crippen molar-refractivity contribution < 1.29 is 106 Å². The summed E-state index contributed by atoms with van der Waals surface area (Å²) >= 11 is 5.76. The predicted octanol–water partition coefficient (Wildman–Crippen LogP) is 22.3. The van der Waals surface area contributed by atoms with Crippen LogP contribution in [-0.2, 0) is 49.5 Å². The number of ketones is 1. The molecule has 0 saturated carbocycles. The number of carbonyl (C=O) groups is 8. The molecule has 704 valence electrons. The van der Waals surface area contributed by atoms with Crippen LogP contribution in [0, 0.1) is 19.3 Å². The van der Waals surface area contributed by atoms with Gasteiger partial charge < -0.3 is 67.5 Å². The number of carbonyl (C=O) groups excluding carboxylic acids is 3. The van der Waals surface area contributed by atoms with Crippen molar-refractivity contribution in [3.05, 3.63) is 275 Å². The number of hydrogen-bond acceptors (Lipinski definition) is 20. The van der Waals surface area contributed by atoms with E-state index in [4.69, 9.17) is 60.0 Å². The monoisotopic (exact) mass is 1840 g/mol. The molecule has 0 amide bonds. The first-order valence-corrected chi connectivity index (χ1v) is 46.1. The van der Waals surface area contributed by atoms with E-state index in [1.54, 1.807) is 130 Å². The molecule has 6 unspecified atom stereocenters. The maximum Gasteiger partial charge on any atom is 0.344 e. The Hall–Kier alpha value is -13.3. The van der Waals surface area contributed by atoms with E-state index in [0.717, 1.165) is 102 Å². The van der Waals surface area contributed by atoms with Crippen molar-refractivity contribution in [3.63, 3.8) is 0 Å². The summed E-state index contributed by atoms with van der Waals surface area (Å²) in [5.41, 5.74) is 9.83. The molecule has 13 rings (SSSR count). The number of hydrogen-bond donors (Lipinski definition) is 5. The van der Waals surface area contributed by atoms with Crippen LogP contribution in [0.15, 0.2) is 235 Å². The predicted molar refractivity (Wildman–Crippen MR) is 507 cm³/mol. The molecule has 0 bridgehead atoms. The van der Waals surface area contributed by atoms with Crippen molar-refractivity contribution in [3.8, 4) is 52.5 Å². The number of ether oxygens (including phenoxy) is 7. The van der Waals surface area contributed by atoms with Gasteiger partial charge in [0.15, 0.2) is 41.7 Å². The fourth-order valence-corrected chi connectivity index (χ4v) is 15.9. The van der Waals surface area contributed by atoms with Crippen LogP contribution in [-0.4, -0.2) is 122 Å². The Labute approximate surface area is 780 Å². The summed E-state index contributed by atoms with van der Waals surface area (Å²) in [4.78, 5) is 123. The summed E-state index contributed by atoms with van der Waals surface area (Å²) < 4.78 is 49.1. The minimum absolute atomic E-state index is 0.00215. The summed E-state index contributed by atoms with van der Waals surface area (Å²) in [7, 11) is 1.31. The number of aliphatic carboxylic acids is 5. The number of fused-ring (bicyclic) bond motifs is 1. The lowest BCUT2D eigenvalue weighted by molar-refractivity contribution is -0.146. The number of benzene rings is 5. The number of rotatable bonds is 39. The first-order chi connectivity index (χ1) is 64.2. The van der Waals surface area contributed by atoms with Crippen molar-refractivity contribution in [2.24, 2.45) is 0 Å². The van der Waals surface area contributed by atoms with Gasteiger partial charge in [-0.15, -0.1) is 6.42 Å². The second kappa shape index (κ2) is 55.1. The van der Waals surface area contributed by atoms with Crippen molar-refractivity contribution in [2.75, 3.05) is 13.7 Å². The van der Waals surface area contributed by atoms with Crippen molar-refractivity contribution >= 4 is 76.2 Å². The van der Waals surface area contributed by atoms with E-state index in [2.05, 4.69) is 41.3 Å². The van der Waals surface area contributed by atoms with Crippen LogP contribution in [0.4, 0.5) is 0 Å². The Morgan fingerprint density at radius 3 is 1.48 bits per heavy atom. The molecule has 5 aromatic carbocycles.